The van der Waals surface area contributed by atoms with E-state index in [1.54, 1.807) is 0 Å². The number of nitro benzene ring substituents is 1. The number of phenols is 1. The van der Waals surface area contributed by atoms with Gasteiger partial charge in [0.15, 0.2) is 5.75 Å². The Morgan fingerprint density at radius 2 is 2.17 bits per heavy atom. The maximum absolute atomic E-state index is 12.1. The first-order chi connectivity index (χ1) is 11.3. The molecular weight excluding hydrogens is 342 g/mol. The number of phenolic OH excluding ortho intramolecular Hbond substituents is 1. The van der Waals surface area contributed by atoms with Crippen LogP contribution in [0, 0.1) is 10.1 Å². The van der Waals surface area contributed by atoms with Gasteiger partial charge >= 0.3 is 5.69 Å². The van der Waals surface area contributed by atoms with E-state index in [9.17, 15) is 29.6 Å². The number of hydrogen-bond acceptors (Lipinski definition) is 8. The lowest BCUT2D eigenvalue weighted by atomic mass is 10.1. The van der Waals surface area contributed by atoms with Crippen LogP contribution in [0.2, 0.25) is 0 Å². The van der Waals surface area contributed by atoms with Crippen LogP contribution in [-0.4, -0.2) is 45.6 Å². The minimum atomic E-state index is -0.865. The largest absolute Gasteiger partial charge is 0.504 e. The molecule has 3 amide bonds. The normalized spacial score (nSPS) is 15.9. The standard InChI is InChI=1S/C13H11N3O7S/c1-23-11-7(17)3-2-6(10(11)16(21)22)4-8-12(19)15(5-9(14)18)13(20)24-8/h2-4,17H,5H2,1H3,(H2,14,18)/b8-4-. The van der Waals surface area contributed by atoms with E-state index in [0.29, 0.717) is 16.7 Å². The number of thioether (sulfide) groups is 1. The van der Waals surface area contributed by atoms with Crippen LogP contribution < -0.4 is 10.5 Å². The SMILES string of the molecule is COc1c(O)ccc(/C=C2\SC(=O)N(CC(N)=O)C2=O)c1[N+](=O)[O-]. The summed E-state index contributed by atoms with van der Waals surface area (Å²) in [7, 11) is 1.15. The van der Waals surface area contributed by atoms with Gasteiger partial charge in [-0.25, -0.2) is 0 Å². The topological polar surface area (TPSA) is 153 Å². The third kappa shape index (κ3) is 3.15. The molecule has 0 unspecified atom stereocenters. The average molecular weight is 353 g/mol. The number of nitrogens with two attached hydrogens (primary N) is 1. The molecule has 10 nitrogen and oxygen atoms in total. The van der Waals surface area contributed by atoms with Gasteiger partial charge in [-0.05, 0) is 30.0 Å². The highest BCUT2D eigenvalue weighted by Gasteiger charge is 2.36. The number of nitro groups is 1. The molecule has 1 heterocycles. The number of aromatic hydroxyl groups is 1. The lowest BCUT2D eigenvalue weighted by molar-refractivity contribution is -0.386. The number of nitrogens with zero attached hydrogens (tertiary/aromatic N) is 2. The number of ether oxygens (including phenoxy) is 1. The van der Waals surface area contributed by atoms with Crippen molar-refractivity contribution in [2.24, 2.45) is 5.73 Å². The molecule has 0 atom stereocenters. The number of methoxy groups -OCH3 is 1. The van der Waals surface area contributed by atoms with Gasteiger partial charge in [0.2, 0.25) is 11.7 Å². The summed E-state index contributed by atoms with van der Waals surface area (Å²) in [4.78, 5) is 45.7. The number of primary amides is 1. The Morgan fingerprint density at radius 1 is 1.50 bits per heavy atom. The van der Waals surface area contributed by atoms with E-state index in [1.165, 1.54) is 6.07 Å². The van der Waals surface area contributed by atoms with Crippen molar-refractivity contribution >= 4 is 40.6 Å². The number of amides is 3. The first-order valence-corrected chi connectivity index (χ1v) is 7.16. The van der Waals surface area contributed by atoms with E-state index in [-0.39, 0.29) is 16.2 Å². The van der Waals surface area contributed by atoms with Crippen molar-refractivity contribution in [3.05, 3.63) is 32.7 Å². The van der Waals surface area contributed by atoms with Gasteiger partial charge in [-0.3, -0.25) is 29.4 Å². The lowest BCUT2D eigenvalue weighted by Crippen LogP contribution is -2.36. The van der Waals surface area contributed by atoms with Gasteiger partial charge in [-0.1, -0.05) is 0 Å². The second-order valence-electron chi connectivity index (χ2n) is 4.55. The van der Waals surface area contributed by atoms with E-state index in [1.807, 2.05) is 0 Å². The first kappa shape index (κ1) is 17.3. The summed E-state index contributed by atoms with van der Waals surface area (Å²) < 4.78 is 4.81. The Bertz CT molecular complexity index is 790. The molecule has 2 rings (SSSR count). The zero-order valence-corrected chi connectivity index (χ0v) is 13.0. The molecule has 0 saturated carbocycles. The van der Waals surface area contributed by atoms with Crippen LogP contribution in [0.3, 0.4) is 0 Å². The fraction of sp³-hybridized carbons (Fsp3) is 0.154. The summed E-state index contributed by atoms with van der Waals surface area (Å²) in [6.45, 7) is -0.580. The molecule has 0 radical (unpaired) electrons. The summed E-state index contributed by atoms with van der Waals surface area (Å²) in [6.07, 6.45) is 1.12. The highest BCUT2D eigenvalue weighted by molar-refractivity contribution is 8.18. The zero-order valence-electron chi connectivity index (χ0n) is 12.2. The van der Waals surface area contributed by atoms with Crippen molar-refractivity contribution in [1.82, 2.24) is 4.90 Å². The fourth-order valence-electron chi connectivity index (χ4n) is 2.02. The molecule has 0 bridgehead atoms. The van der Waals surface area contributed by atoms with E-state index >= 15 is 0 Å². The summed E-state index contributed by atoms with van der Waals surface area (Å²) in [5.41, 5.74) is 4.37. The predicted octanol–water partition coefficient (Wildman–Crippen LogP) is 0.831. The second-order valence-corrected chi connectivity index (χ2v) is 5.54. The Balaban J connectivity index is 2.49. The van der Waals surface area contributed by atoms with Gasteiger partial charge in [-0.2, -0.15) is 0 Å². The summed E-state index contributed by atoms with van der Waals surface area (Å²) in [5, 5.41) is 20.2. The van der Waals surface area contributed by atoms with Crippen molar-refractivity contribution in [3.63, 3.8) is 0 Å². The minimum Gasteiger partial charge on any atom is -0.504 e. The number of hydrogen-bond donors (Lipinski definition) is 2. The van der Waals surface area contributed by atoms with Crippen molar-refractivity contribution < 1.29 is 29.2 Å². The van der Waals surface area contributed by atoms with Gasteiger partial charge in [0, 0.05) is 0 Å². The smallest absolute Gasteiger partial charge is 0.322 e. The zero-order chi connectivity index (χ0) is 18.0. The molecule has 24 heavy (non-hydrogen) atoms. The van der Waals surface area contributed by atoms with Crippen LogP contribution >= 0.6 is 11.8 Å². The highest BCUT2D eigenvalue weighted by Crippen LogP contribution is 2.41. The number of benzene rings is 1. The second kappa shape index (κ2) is 6.58. The molecule has 11 heteroatoms. The average Bonchev–Trinajstić information content (AvgIpc) is 2.75. The molecule has 126 valence electrons. The quantitative estimate of drug-likeness (QED) is 0.448. The Morgan fingerprint density at radius 3 is 2.71 bits per heavy atom. The number of carbonyl (C=O) groups excluding carboxylic acids is 3. The van der Waals surface area contributed by atoms with Crippen molar-refractivity contribution in [3.8, 4) is 11.5 Å². The molecule has 1 aliphatic rings. The molecule has 1 aliphatic heterocycles. The van der Waals surface area contributed by atoms with Crippen molar-refractivity contribution in [2.45, 2.75) is 0 Å². The monoisotopic (exact) mass is 353 g/mol. The van der Waals surface area contributed by atoms with E-state index in [0.717, 1.165) is 19.3 Å². The molecule has 3 N–H and O–H groups in total. The van der Waals surface area contributed by atoms with Gasteiger partial charge in [-0.15, -0.1) is 0 Å². The molecule has 1 aromatic rings. The molecule has 1 fully saturated rings. The minimum absolute atomic E-state index is 0.0424. The summed E-state index contributed by atoms with van der Waals surface area (Å²) >= 11 is 0.522. The van der Waals surface area contributed by atoms with Crippen LogP contribution in [-0.2, 0) is 9.59 Å². The lowest BCUT2D eigenvalue weighted by Gasteiger charge is -2.09. The van der Waals surface area contributed by atoms with Crippen LogP contribution in [0.15, 0.2) is 17.0 Å². The van der Waals surface area contributed by atoms with Gasteiger partial charge < -0.3 is 15.6 Å². The number of imide groups is 1. The van der Waals surface area contributed by atoms with Gasteiger partial charge in [0.25, 0.3) is 11.1 Å². The molecule has 1 aromatic carbocycles. The van der Waals surface area contributed by atoms with E-state index < -0.39 is 40.0 Å². The van der Waals surface area contributed by atoms with Gasteiger partial charge in [0.1, 0.15) is 6.54 Å². The maximum Gasteiger partial charge on any atom is 0.322 e. The Kier molecular flexibility index (Phi) is 4.74. The first-order valence-electron chi connectivity index (χ1n) is 6.34. The summed E-state index contributed by atoms with van der Waals surface area (Å²) in [6, 6.07) is 2.36. The molecule has 1 saturated heterocycles. The molecule has 0 aromatic heterocycles. The molecular formula is C13H11N3O7S. The van der Waals surface area contributed by atoms with E-state index in [4.69, 9.17) is 10.5 Å². The number of rotatable bonds is 5. The highest BCUT2D eigenvalue weighted by atomic mass is 32.2. The van der Waals surface area contributed by atoms with Crippen LogP contribution in [0.1, 0.15) is 5.56 Å². The molecule has 0 aliphatic carbocycles. The third-order valence-corrected chi connectivity index (χ3v) is 3.91. The third-order valence-electron chi connectivity index (χ3n) is 3.00. The van der Waals surface area contributed by atoms with Crippen LogP contribution in [0.4, 0.5) is 10.5 Å². The molecule has 0 spiro atoms. The van der Waals surface area contributed by atoms with Crippen molar-refractivity contribution in [1.29, 1.82) is 0 Å². The Labute approximate surface area is 139 Å². The summed E-state index contributed by atoms with van der Waals surface area (Å²) in [5.74, 6) is -2.46. The fourth-order valence-corrected chi connectivity index (χ4v) is 2.84. The maximum atomic E-state index is 12.1. The van der Waals surface area contributed by atoms with Crippen molar-refractivity contribution in [2.75, 3.05) is 13.7 Å². The predicted molar refractivity (Wildman–Crippen MR) is 83.2 cm³/mol. The number of carbonyl (C=O) groups is 3. The van der Waals surface area contributed by atoms with Crippen LogP contribution in [0.5, 0.6) is 11.5 Å². The van der Waals surface area contributed by atoms with Gasteiger partial charge in [0.05, 0.1) is 22.5 Å². The van der Waals surface area contributed by atoms with E-state index in [2.05, 4.69) is 0 Å². The van der Waals surface area contributed by atoms with Crippen LogP contribution in [0.25, 0.3) is 6.08 Å². The Hall–Kier alpha value is -3.08.